The number of pyridine rings is 1. The lowest BCUT2D eigenvalue weighted by Crippen LogP contribution is -2.31. The van der Waals surface area contributed by atoms with E-state index < -0.39 is 23.5 Å². The molecule has 3 aromatic rings. The monoisotopic (exact) mass is 471 g/mol. The number of hydrogen-bond donors (Lipinski definition) is 0. The number of halogens is 6. The van der Waals surface area contributed by atoms with Crippen LogP contribution < -0.4 is 4.90 Å². The van der Waals surface area contributed by atoms with E-state index in [9.17, 15) is 26.3 Å². The second-order valence-electron chi connectivity index (χ2n) is 7.61. The maximum absolute atomic E-state index is 12.9. The second kappa shape index (κ2) is 9.00. The van der Waals surface area contributed by atoms with E-state index in [4.69, 9.17) is 4.52 Å². The summed E-state index contributed by atoms with van der Waals surface area (Å²) in [6.45, 7) is 2.71. The van der Waals surface area contributed by atoms with Gasteiger partial charge in [-0.25, -0.2) is 4.98 Å². The fraction of sp³-hybridized carbons (Fsp3) is 0.381. The number of nitrogens with zero attached hydrogens (tertiary/aromatic N) is 5. The minimum Gasteiger partial charge on any atom is -0.355 e. The summed E-state index contributed by atoms with van der Waals surface area (Å²) in [7, 11) is 0. The average molecular weight is 471 g/mol. The summed E-state index contributed by atoms with van der Waals surface area (Å²) in [5.41, 5.74) is -1.39. The SMILES string of the molecule is FC(F)(F)c1ccc(N2CCCN(Cc3nc(-c4cccc(C(F)(F)F)c4)no3)CC2)nc1. The highest BCUT2D eigenvalue weighted by Crippen LogP contribution is 2.32. The molecule has 0 unspecified atom stereocenters. The van der Waals surface area contributed by atoms with Crippen molar-refractivity contribution in [1.29, 1.82) is 0 Å². The summed E-state index contributed by atoms with van der Waals surface area (Å²) < 4.78 is 82.2. The Bertz CT molecular complexity index is 1080. The van der Waals surface area contributed by atoms with Crippen molar-refractivity contribution in [3.8, 4) is 11.4 Å². The molecule has 1 saturated heterocycles. The molecular formula is C21H19F6N5O. The zero-order chi connectivity index (χ0) is 23.6. The Morgan fingerprint density at radius 3 is 2.36 bits per heavy atom. The van der Waals surface area contributed by atoms with Crippen molar-refractivity contribution in [1.82, 2.24) is 20.0 Å². The van der Waals surface area contributed by atoms with Gasteiger partial charge in [-0.1, -0.05) is 17.3 Å². The fourth-order valence-corrected chi connectivity index (χ4v) is 3.56. The van der Waals surface area contributed by atoms with E-state index in [-0.39, 0.29) is 17.3 Å². The van der Waals surface area contributed by atoms with Gasteiger partial charge in [-0.2, -0.15) is 31.3 Å². The standard InChI is InChI=1S/C21H19F6N5O/c22-20(23,24)15-4-1-3-14(11-15)19-29-18(33-30-19)13-31-7-2-8-32(10-9-31)17-6-5-16(12-28-17)21(25,26)27/h1,3-6,11-12H,2,7-10,13H2. The summed E-state index contributed by atoms with van der Waals surface area (Å²) in [5.74, 6) is 0.805. The number of alkyl halides is 6. The normalized spacial score (nSPS) is 16.1. The van der Waals surface area contributed by atoms with E-state index in [2.05, 4.69) is 15.1 Å². The summed E-state index contributed by atoms with van der Waals surface area (Å²) in [6, 6.07) is 7.07. The minimum atomic E-state index is -4.47. The number of anilines is 1. The Morgan fingerprint density at radius 2 is 1.67 bits per heavy atom. The topological polar surface area (TPSA) is 58.3 Å². The predicted octanol–water partition coefficient (Wildman–Crippen LogP) is 4.88. The molecular weight excluding hydrogens is 452 g/mol. The molecule has 1 aromatic carbocycles. The van der Waals surface area contributed by atoms with Crippen molar-refractivity contribution >= 4 is 5.82 Å². The van der Waals surface area contributed by atoms with Crippen LogP contribution >= 0.6 is 0 Å². The average Bonchev–Trinajstić information content (AvgIpc) is 3.11. The van der Waals surface area contributed by atoms with Crippen molar-refractivity contribution in [2.45, 2.75) is 25.3 Å². The fourth-order valence-electron chi connectivity index (χ4n) is 3.56. The van der Waals surface area contributed by atoms with Gasteiger partial charge in [-0.15, -0.1) is 0 Å². The highest BCUT2D eigenvalue weighted by atomic mass is 19.4. The van der Waals surface area contributed by atoms with Crippen LogP contribution in [0.25, 0.3) is 11.4 Å². The van der Waals surface area contributed by atoms with Crippen LogP contribution in [0.5, 0.6) is 0 Å². The third kappa shape index (κ3) is 5.62. The van der Waals surface area contributed by atoms with Crippen molar-refractivity contribution < 1.29 is 30.9 Å². The van der Waals surface area contributed by atoms with Crippen LogP contribution in [0.4, 0.5) is 32.2 Å². The van der Waals surface area contributed by atoms with E-state index in [0.717, 1.165) is 30.8 Å². The van der Waals surface area contributed by atoms with Crippen molar-refractivity contribution in [2.75, 3.05) is 31.1 Å². The van der Waals surface area contributed by atoms with Gasteiger partial charge in [0, 0.05) is 37.9 Å². The van der Waals surface area contributed by atoms with Crippen LogP contribution in [0.15, 0.2) is 47.1 Å². The lowest BCUT2D eigenvalue weighted by molar-refractivity contribution is -0.138. The molecule has 4 rings (SSSR count). The first-order valence-electron chi connectivity index (χ1n) is 10.1. The molecule has 0 saturated carbocycles. The molecule has 2 aromatic heterocycles. The molecule has 1 aliphatic rings. The van der Waals surface area contributed by atoms with Gasteiger partial charge in [0.2, 0.25) is 11.7 Å². The molecule has 1 aliphatic heterocycles. The molecule has 0 radical (unpaired) electrons. The summed E-state index contributed by atoms with van der Waals surface area (Å²) >= 11 is 0. The van der Waals surface area contributed by atoms with E-state index >= 15 is 0 Å². The molecule has 6 nitrogen and oxygen atoms in total. The van der Waals surface area contributed by atoms with Crippen molar-refractivity contribution in [2.24, 2.45) is 0 Å². The molecule has 0 N–H and O–H groups in total. The van der Waals surface area contributed by atoms with E-state index in [0.29, 0.717) is 38.5 Å². The molecule has 0 atom stereocenters. The Labute approximate surface area is 184 Å². The van der Waals surface area contributed by atoms with Gasteiger partial charge in [0.25, 0.3) is 0 Å². The highest BCUT2D eigenvalue weighted by Gasteiger charge is 2.32. The molecule has 176 valence electrons. The van der Waals surface area contributed by atoms with Crippen molar-refractivity contribution in [3.63, 3.8) is 0 Å². The van der Waals surface area contributed by atoms with Crippen LogP contribution in [-0.4, -0.2) is 46.2 Å². The Balaban J connectivity index is 1.38. The first kappa shape index (κ1) is 23.0. The molecule has 0 bridgehead atoms. The largest absolute Gasteiger partial charge is 0.417 e. The van der Waals surface area contributed by atoms with Crippen molar-refractivity contribution in [3.05, 3.63) is 59.6 Å². The number of hydrogen-bond acceptors (Lipinski definition) is 6. The lowest BCUT2D eigenvalue weighted by Gasteiger charge is -2.22. The summed E-state index contributed by atoms with van der Waals surface area (Å²) in [6.07, 6.45) is -7.34. The first-order valence-corrected chi connectivity index (χ1v) is 10.1. The molecule has 0 amide bonds. The molecule has 0 aliphatic carbocycles. The Morgan fingerprint density at radius 1 is 0.879 bits per heavy atom. The van der Waals surface area contributed by atoms with E-state index in [1.54, 1.807) is 0 Å². The predicted molar refractivity (Wildman–Crippen MR) is 106 cm³/mol. The van der Waals surface area contributed by atoms with Gasteiger partial charge in [0.1, 0.15) is 5.82 Å². The van der Waals surface area contributed by atoms with Crippen LogP contribution in [0.2, 0.25) is 0 Å². The molecule has 3 heterocycles. The number of rotatable bonds is 4. The number of aromatic nitrogens is 3. The third-order valence-corrected chi connectivity index (χ3v) is 5.26. The van der Waals surface area contributed by atoms with Gasteiger partial charge < -0.3 is 9.42 Å². The lowest BCUT2D eigenvalue weighted by atomic mass is 10.1. The zero-order valence-electron chi connectivity index (χ0n) is 17.2. The van der Waals surface area contributed by atoms with Crippen LogP contribution in [0.3, 0.4) is 0 Å². The van der Waals surface area contributed by atoms with Gasteiger partial charge in [0.05, 0.1) is 17.7 Å². The van der Waals surface area contributed by atoms with Crippen LogP contribution in [0, 0.1) is 0 Å². The van der Waals surface area contributed by atoms with Crippen LogP contribution in [0.1, 0.15) is 23.4 Å². The molecule has 1 fully saturated rings. The Hall–Kier alpha value is -3.15. The quantitative estimate of drug-likeness (QED) is 0.506. The maximum Gasteiger partial charge on any atom is 0.417 e. The highest BCUT2D eigenvalue weighted by molar-refractivity contribution is 5.55. The van der Waals surface area contributed by atoms with Gasteiger partial charge in [-0.05, 0) is 30.7 Å². The number of benzene rings is 1. The zero-order valence-corrected chi connectivity index (χ0v) is 17.2. The van der Waals surface area contributed by atoms with E-state index in [1.165, 1.54) is 18.2 Å². The third-order valence-electron chi connectivity index (χ3n) is 5.26. The molecule has 33 heavy (non-hydrogen) atoms. The molecule has 12 heteroatoms. The van der Waals surface area contributed by atoms with E-state index in [1.807, 2.05) is 9.80 Å². The Kier molecular flexibility index (Phi) is 6.28. The molecule has 0 spiro atoms. The van der Waals surface area contributed by atoms with Crippen LogP contribution in [-0.2, 0) is 18.9 Å². The second-order valence-corrected chi connectivity index (χ2v) is 7.61. The summed E-state index contributed by atoms with van der Waals surface area (Å²) in [5, 5.41) is 3.80. The summed E-state index contributed by atoms with van der Waals surface area (Å²) in [4.78, 5) is 12.1. The van der Waals surface area contributed by atoms with Gasteiger partial charge >= 0.3 is 12.4 Å². The maximum atomic E-state index is 12.9. The first-order chi connectivity index (χ1) is 15.6. The van der Waals surface area contributed by atoms with Gasteiger partial charge in [0.15, 0.2) is 0 Å². The smallest absolute Gasteiger partial charge is 0.355 e. The van der Waals surface area contributed by atoms with Gasteiger partial charge in [-0.3, -0.25) is 4.90 Å². The minimum absolute atomic E-state index is 0.0708.